The molecule has 0 aliphatic carbocycles. The minimum Gasteiger partial charge on any atom is -0.379 e. The third-order valence-electron chi connectivity index (χ3n) is 6.78. The van der Waals surface area contributed by atoms with Gasteiger partial charge in [0.25, 0.3) is 0 Å². The van der Waals surface area contributed by atoms with Gasteiger partial charge in [-0.25, -0.2) is 8.42 Å². The lowest BCUT2D eigenvalue weighted by Crippen LogP contribution is -2.43. The van der Waals surface area contributed by atoms with E-state index in [1.165, 1.54) is 6.07 Å². The average Bonchev–Trinajstić information content (AvgIpc) is 2.88. The van der Waals surface area contributed by atoms with Gasteiger partial charge in [0.2, 0.25) is 10.0 Å². The van der Waals surface area contributed by atoms with Crippen molar-refractivity contribution >= 4 is 27.4 Å². The number of nitrogens with zero attached hydrogens (tertiary/aromatic N) is 2. The maximum Gasteiger partial charge on any atom is 0.243 e. The minimum atomic E-state index is -3.61. The molecule has 0 aromatic heterocycles. The summed E-state index contributed by atoms with van der Waals surface area (Å²) in [6, 6.07) is 14.3. The molecule has 2 saturated heterocycles. The van der Waals surface area contributed by atoms with Gasteiger partial charge in [0, 0.05) is 49.4 Å². The second-order valence-electron chi connectivity index (χ2n) is 9.41. The van der Waals surface area contributed by atoms with Crippen LogP contribution < -0.4 is 5.32 Å². The van der Waals surface area contributed by atoms with E-state index in [4.69, 9.17) is 16.3 Å². The minimum absolute atomic E-state index is 0.0803. The Morgan fingerprint density at radius 3 is 2.60 bits per heavy atom. The van der Waals surface area contributed by atoms with Crippen LogP contribution in [0.2, 0.25) is 5.02 Å². The first-order chi connectivity index (χ1) is 16.8. The first kappa shape index (κ1) is 26.3. The topological polar surface area (TPSA) is 79.0 Å². The predicted molar refractivity (Wildman–Crippen MR) is 137 cm³/mol. The second kappa shape index (κ2) is 12.0. The van der Waals surface area contributed by atoms with Crippen LogP contribution in [0.25, 0.3) is 0 Å². The van der Waals surface area contributed by atoms with Gasteiger partial charge in [-0.3, -0.25) is 9.69 Å². The number of halogens is 1. The van der Waals surface area contributed by atoms with Crippen LogP contribution in [-0.4, -0.2) is 75.9 Å². The lowest BCUT2D eigenvalue weighted by Gasteiger charge is -2.35. The molecule has 2 atom stereocenters. The summed E-state index contributed by atoms with van der Waals surface area (Å²) in [5.41, 5.74) is 1.53. The summed E-state index contributed by atoms with van der Waals surface area (Å²) in [5, 5.41) is 3.98. The molecule has 1 N–H and O–H groups in total. The number of nitrogens with one attached hydrogen (secondary N) is 1. The van der Waals surface area contributed by atoms with Crippen LogP contribution >= 0.6 is 11.6 Å². The molecule has 2 aliphatic heterocycles. The van der Waals surface area contributed by atoms with Crippen molar-refractivity contribution in [2.24, 2.45) is 5.92 Å². The number of carbonyl (C=O) groups excluding carboxylic acids is 1. The van der Waals surface area contributed by atoms with Crippen molar-refractivity contribution in [2.75, 3.05) is 52.5 Å². The van der Waals surface area contributed by atoms with E-state index in [0.717, 1.165) is 31.5 Å². The molecule has 2 aliphatic rings. The van der Waals surface area contributed by atoms with Crippen LogP contribution in [0.5, 0.6) is 0 Å². The van der Waals surface area contributed by atoms with Gasteiger partial charge >= 0.3 is 0 Å². The van der Waals surface area contributed by atoms with Crippen molar-refractivity contribution in [1.29, 1.82) is 0 Å². The molecule has 2 unspecified atom stereocenters. The third kappa shape index (κ3) is 6.70. The number of ether oxygens (including phenoxy) is 1. The highest BCUT2D eigenvalue weighted by molar-refractivity contribution is 7.89. The largest absolute Gasteiger partial charge is 0.379 e. The van der Waals surface area contributed by atoms with Gasteiger partial charge in [-0.2, -0.15) is 4.31 Å². The fourth-order valence-electron chi connectivity index (χ4n) is 4.80. The first-order valence-corrected chi connectivity index (χ1v) is 14.1. The van der Waals surface area contributed by atoms with E-state index in [-0.39, 0.29) is 23.3 Å². The molecule has 9 heteroatoms. The SMILES string of the molecule is CC1CCCN(S(=O)(=O)c2cccc(C(=O)CNCC(c3ccc(Cl)cc3)N3CCOCC3)c2)C1. The van der Waals surface area contributed by atoms with Gasteiger partial charge in [-0.05, 0) is 48.6 Å². The standard InChI is InChI=1S/C26H34ClN3O4S/c1-20-4-3-11-30(19-20)35(32,33)24-6-2-5-22(16-24)26(31)18-28-17-25(29-12-14-34-15-13-29)21-7-9-23(27)10-8-21/h2,5-10,16,20,25,28H,3-4,11-15,17-19H2,1H3. The van der Waals surface area contributed by atoms with Crippen molar-refractivity contribution < 1.29 is 17.9 Å². The van der Waals surface area contributed by atoms with Gasteiger partial charge in [0.1, 0.15) is 0 Å². The van der Waals surface area contributed by atoms with E-state index < -0.39 is 10.0 Å². The van der Waals surface area contributed by atoms with Crippen molar-refractivity contribution in [3.63, 3.8) is 0 Å². The van der Waals surface area contributed by atoms with Crippen molar-refractivity contribution in [3.05, 3.63) is 64.7 Å². The molecular formula is C26H34ClN3O4S. The van der Waals surface area contributed by atoms with Crippen LogP contribution in [0.15, 0.2) is 53.4 Å². The van der Waals surface area contributed by atoms with Gasteiger partial charge in [0.15, 0.2) is 5.78 Å². The monoisotopic (exact) mass is 519 g/mol. The normalized spacial score (nSPS) is 21.0. The van der Waals surface area contributed by atoms with E-state index in [9.17, 15) is 13.2 Å². The molecule has 7 nitrogen and oxygen atoms in total. The Bertz CT molecular complexity index is 1100. The van der Waals surface area contributed by atoms with E-state index in [2.05, 4.69) is 17.1 Å². The van der Waals surface area contributed by atoms with E-state index in [1.54, 1.807) is 22.5 Å². The van der Waals surface area contributed by atoms with Crippen LogP contribution in [0, 0.1) is 5.92 Å². The maximum absolute atomic E-state index is 13.1. The number of benzene rings is 2. The molecule has 4 rings (SSSR count). The van der Waals surface area contributed by atoms with Gasteiger partial charge in [-0.1, -0.05) is 42.8 Å². The maximum atomic E-state index is 13.1. The molecule has 2 aromatic carbocycles. The fourth-order valence-corrected chi connectivity index (χ4v) is 6.57. The average molecular weight is 520 g/mol. The van der Waals surface area contributed by atoms with Crippen molar-refractivity contribution in [1.82, 2.24) is 14.5 Å². The molecular weight excluding hydrogens is 486 g/mol. The molecule has 35 heavy (non-hydrogen) atoms. The number of hydrogen-bond donors (Lipinski definition) is 1. The lowest BCUT2D eigenvalue weighted by atomic mass is 10.0. The van der Waals surface area contributed by atoms with Gasteiger partial charge < -0.3 is 10.1 Å². The summed E-state index contributed by atoms with van der Waals surface area (Å²) in [7, 11) is -3.61. The van der Waals surface area contributed by atoms with Gasteiger partial charge in [0.05, 0.1) is 24.7 Å². The van der Waals surface area contributed by atoms with Gasteiger partial charge in [-0.15, -0.1) is 0 Å². The highest BCUT2D eigenvalue weighted by Crippen LogP contribution is 2.25. The third-order valence-corrected chi connectivity index (χ3v) is 8.89. The summed E-state index contributed by atoms with van der Waals surface area (Å²) in [6.45, 7) is 6.82. The molecule has 2 aromatic rings. The number of ketones is 1. The zero-order chi connectivity index (χ0) is 24.8. The van der Waals surface area contributed by atoms with Crippen molar-refractivity contribution in [3.8, 4) is 0 Å². The van der Waals surface area contributed by atoms with E-state index >= 15 is 0 Å². The Kier molecular flexibility index (Phi) is 8.97. The number of rotatable bonds is 9. The Morgan fingerprint density at radius 1 is 1.14 bits per heavy atom. The number of sulfonamides is 1. The molecule has 0 bridgehead atoms. The van der Waals surface area contributed by atoms with Crippen LogP contribution in [0.4, 0.5) is 0 Å². The Labute approximate surface area is 213 Å². The zero-order valence-corrected chi connectivity index (χ0v) is 21.7. The van der Waals surface area contributed by atoms with Crippen LogP contribution in [0.1, 0.15) is 41.7 Å². The quantitative estimate of drug-likeness (QED) is 0.510. The summed E-state index contributed by atoms with van der Waals surface area (Å²) >= 11 is 6.08. The smallest absolute Gasteiger partial charge is 0.243 e. The Balaban J connectivity index is 1.41. The Morgan fingerprint density at radius 2 is 1.89 bits per heavy atom. The highest BCUT2D eigenvalue weighted by atomic mass is 35.5. The molecule has 0 radical (unpaired) electrons. The molecule has 0 saturated carbocycles. The summed E-state index contributed by atoms with van der Waals surface area (Å²) in [4.78, 5) is 15.5. The number of morpholine rings is 1. The van der Waals surface area contributed by atoms with E-state index in [1.807, 2.05) is 24.3 Å². The molecule has 190 valence electrons. The highest BCUT2D eigenvalue weighted by Gasteiger charge is 2.29. The second-order valence-corrected chi connectivity index (χ2v) is 11.8. The number of carbonyl (C=O) groups is 1. The summed E-state index contributed by atoms with van der Waals surface area (Å²) < 4.78 is 33.3. The zero-order valence-electron chi connectivity index (χ0n) is 20.2. The first-order valence-electron chi connectivity index (χ1n) is 12.3. The van der Waals surface area contributed by atoms with Crippen molar-refractivity contribution in [2.45, 2.75) is 30.7 Å². The number of Topliss-reactive ketones (excluding diaryl/α,β-unsaturated/α-hetero) is 1. The van der Waals surface area contributed by atoms with Crippen LogP contribution in [0.3, 0.4) is 0 Å². The van der Waals surface area contributed by atoms with Crippen LogP contribution in [-0.2, 0) is 14.8 Å². The predicted octanol–water partition coefficient (Wildman–Crippen LogP) is 3.61. The molecule has 2 fully saturated rings. The fraction of sp³-hybridized carbons (Fsp3) is 0.500. The number of piperidine rings is 1. The summed E-state index contributed by atoms with van der Waals surface area (Å²) in [6.07, 6.45) is 1.90. The summed E-state index contributed by atoms with van der Waals surface area (Å²) in [5.74, 6) is 0.207. The Hall–Kier alpha value is -1.81. The molecule has 0 amide bonds. The number of hydrogen-bond acceptors (Lipinski definition) is 6. The van der Waals surface area contributed by atoms with E-state index in [0.29, 0.717) is 49.4 Å². The molecule has 2 heterocycles. The lowest BCUT2D eigenvalue weighted by molar-refractivity contribution is 0.0162. The molecule has 0 spiro atoms.